The minimum atomic E-state index is -0.566. The van der Waals surface area contributed by atoms with Crippen molar-refractivity contribution in [1.29, 1.82) is 0 Å². The van der Waals surface area contributed by atoms with Crippen molar-refractivity contribution in [3.8, 4) is 0 Å². The third-order valence-corrected chi connectivity index (χ3v) is 5.68. The number of halogens is 1. The summed E-state index contributed by atoms with van der Waals surface area (Å²) in [4.78, 5) is 27.2. The Balaban J connectivity index is 2.06. The molecule has 0 heterocycles. The van der Waals surface area contributed by atoms with Gasteiger partial charge in [-0.1, -0.05) is 53.6 Å². The van der Waals surface area contributed by atoms with Crippen LogP contribution in [0.4, 0.5) is 0 Å². The predicted molar refractivity (Wildman–Crippen MR) is 122 cm³/mol. The zero-order chi connectivity index (χ0) is 21.4. The fourth-order valence-electron chi connectivity index (χ4n) is 2.84. The van der Waals surface area contributed by atoms with Crippen molar-refractivity contribution in [3.05, 3.63) is 70.2 Å². The van der Waals surface area contributed by atoms with Gasteiger partial charge in [0.15, 0.2) is 0 Å². The van der Waals surface area contributed by atoms with E-state index in [1.165, 1.54) is 11.1 Å². The van der Waals surface area contributed by atoms with Crippen LogP contribution in [-0.4, -0.2) is 34.6 Å². The molecule has 6 heteroatoms. The number of hydrogen-bond donors (Lipinski definition) is 1. The minimum Gasteiger partial charge on any atom is -0.352 e. The first kappa shape index (κ1) is 23.3. The maximum absolute atomic E-state index is 13.0. The highest BCUT2D eigenvalue weighted by molar-refractivity contribution is 7.99. The maximum Gasteiger partial charge on any atom is 0.242 e. The fraction of sp³-hybridized carbons (Fsp3) is 0.391. The number of nitrogens with one attached hydrogen (secondary N) is 1. The minimum absolute atomic E-state index is 0.0176. The molecule has 0 aliphatic carbocycles. The molecule has 29 heavy (non-hydrogen) atoms. The molecule has 2 amide bonds. The normalized spacial score (nSPS) is 11.9. The molecule has 4 nitrogen and oxygen atoms in total. The van der Waals surface area contributed by atoms with Gasteiger partial charge in [0.2, 0.25) is 11.8 Å². The van der Waals surface area contributed by atoms with Crippen molar-refractivity contribution in [3.63, 3.8) is 0 Å². The van der Waals surface area contributed by atoms with Crippen LogP contribution in [0, 0.1) is 6.92 Å². The molecule has 0 saturated carbocycles. The largest absolute Gasteiger partial charge is 0.352 e. The van der Waals surface area contributed by atoms with E-state index in [2.05, 4.69) is 36.5 Å². The van der Waals surface area contributed by atoms with Crippen LogP contribution in [0.1, 0.15) is 37.5 Å². The molecule has 156 valence electrons. The van der Waals surface area contributed by atoms with Gasteiger partial charge in [0.05, 0.1) is 5.75 Å². The van der Waals surface area contributed by atoms with Crippen LogP contribution in [0.5, 0.6) is 0 Å². The summed E-state index contributed by atoms with van der Waals surface area (Å²) in [6, 6.07) is 15.1. The van der Waals surface area contributed by atoms with Gasteiger partial charge in [0.25, 0.3) is 0 Å². The van der Waals surface area contributed by atoms with Gasteiger partial charge < -0.3 is 10.2 Å². The highest BCUT2D eigenvalue weighted by atomic mass is 35.5. The Labute approximate surface area is 183 Å². The van der Waals surface area contributed by atoms with Gasteiger partial charge in [-0.2, -0.15) is 0 Å². The number of benzene rings is 2. The van der Waals surface area contributed by atoms with Crippen LogP contribution in [0.3, 0.4) is 0 Å². The number of hydrogen-bond acceptors (Lipinski definition) is 3. The van der Waals surface area contributed by atoms with Crippen molar-refractivity contribution in [2.24, 2.45) is 0 Å². The second kappa shape index (κ2) is 11.3. The van der Waals surface area contributed by atoms with Crippen molar-refractivity contribution in [2.45, 2.75) is 52.1 Å². The van der Waals surface area contributed by atoms with Crippen molar-refractivity contribution in [1.82, 2.24) is 10.2 Å². The third-order valence-electron chi connectivity index (χ3n) is 4.46. The Hall–Kier alpha value is -1.98. The summed E-state index contributed by atoms with van der Waals surface area (Å²) in [6.07, 6.45) is 0. The second-order valence-corrected chi connectivity index (χ2v) is 8.89. The van der Waals surface area contributed by atoms with Gasteiger partial charge in [-0.3, -0.25) is 9.59 Å². The van der Waals surface area contributed by atoms with Gasteiger partial charge in [-0.15, -0.1) is 11.8 Å². The predicted octanol–water partition coefficient (Wildman–Crippen LogP) is 4.82. The summed E-state index contributed by atoms with van der Waals surface area (Å²) >= 11 is 7.65. The van der Waals surface area contributed by atoms with E-state index < -0.39 is 6.04 Å². The highest BCUT2D eigenvalue weighted by Crippen LogP contribution is 2.18. The molecule has 0 aliphatic heterocycles. The van der Waals surface area contributed by atoms with Crippen molar-refractivity contribution >= 4 is 35.2 Å². The van der Waals surface area contributed by atoms with E-state index in [0.717, 1.165) is 11.3 Å². The lowest BCUT2D eigenvalue weighted by atomic mass is 10.1. The second-order valence-electron chi connectivity index (χ2n) is 7.47. The van der Waals surface area contributed by atoms with Crippen molar-refractivity contribution < 1.29 is 9.59 Å². The van der Waals surface area contributed by atoms with Crippen LogP contribution in [0.25, 0.3) is 0 Å². The van der Waals surface area contributed by atoms with Crippen molar-refractivity contribution in [2.75, 3.05) is 5.75 Å². The summed E-state index contributed by atoms with van der Waals surface area (Å²) in [6.45, 7) is 7.98. The smallest absolute Gasteiger partial charge is 0.242 e. The first-order chi connectivity index (χ1) is 13.8. The van der Waals surface area contributed by atoms with Crippen LogP contribution in [0.15, 0.2) is 48.5 Å². The standard InChI is InChI=1S/C23H29ClN2O2S/c1-16(2)25-23(28)18(4)26(13-20-6-5-7-21(24)12-20)22(27)15-29-14-19-10-8-17(3)9-11-19/h5-12,16,18H,13-15H2,1-4H3,(H,25,28)/t18-/m0/s1. The van der Waals surface area contributed by atoms with E-state index in [1.807, 2.05) is 32.0 Å². The molecule has 1 atom stereocenters. The van der Waals surface area contributed by atoms with Crippen LogP contribution in [-0.2, 0) is 21.9 Å². The Kier molecular flexibility index (Phi) is 9.05. The summed E-state index contributed by atoms with van der Waals surface area (Å²) in [5, 5.41) is 3.51. The number of thioether (sulfide) groups is 1. The number of carbonyl (C=O) groups excluding carboxylic acids is 2. The van der Waals surface area contributed by atoms with E-state index in [1.54, 1.807) is 29.7 Å². The number of rotatable bonds is 9. The summed E-state index contributed by atoms with van der Waals surface area (Å²) in [5.74, 6) is 0.851. The molecule has 0 aromatic heterocycles. The summed E-state index contributed by atoms with van der Waals surface area (Å²) in [7, 11) is 0. The summed E-state index contributed by atoms with van der Waals surface area (Å²) in [5.41, 5.74) is 3.30. The molecule has 0 saturated heterocycles. The molecular formula is C23H29ClN2O2S. The van der Waals surface area contributed by atoms with E-state index in [9.17, 15) is 9.59 Å². The molecule has 2 aromatic carbocycles. The Bertz CT molecular complexity index is 824. The number of carbonyl (C=O) groups is 2. The highest BCUT2D eigenvalue weighted by Gasteiger charge is 2.26. The zero-order valence-electron chi connectivity index (χ0n) is 17.4. The van der Waals surface area contributed by atoms with E-state index in [0.29, 0.717) is 17.3 Å². The van der Waals surface area contributed by atoms with Crippen LogP contribution < -0.4 is 5.32 Å². The van der Waals surface area contributed by atoms with Gasteiger partial charge in [-0.05, 0) is 51.0 Å². The Morgan fingerprint density at radius 2 is 1.76 bits per heavy atom. The Morgan fingerprint density at radius 1 is 1.07 bits per heavy atom. The molecule has 0 unspecified atom stereocenters. The number of nitrogens with zero attached hydrogens (tertiary/aromatic N) is 1. The van der Waals surface area contributed by atoms with Crippen LogP contribution >= 0.6 is 23.4 Å². The molecule has 0 aliphatic rings. The van der Waals surface area contributed by atoms with Crippen LogP contribution in [0.2, 0.25) is 5.02 Å². The average Bonchev–Trinajstić information content (AvgIpc) is 2.66. The zero-order valence-corrected chi connectivity index (χ0v) is 19.0. The van der Waals surface area contributed by atoms with Gasteiger partial charge in [0.1, 0.15) is 6.04 Å². The van der Waals surface area contributed by atoms with Gasteiger partial charge in [-0.25, -0.2) is 0 Å². The number of amides is 2. The van der Waals surface area contributed by atoms with Gasteiger partial charge in [0, 0.05) is 23.4 Å². The molecule has 2 aromatic rings. The first-order valence-corrected chi connectivity index (χ1v) is 11.3. The molecule has 0 radical (unpaired) electrons. The van der Waals surface area contributed by atoms with E-state index >= 15 is 0 Å². The SMILES string of the molecule is Cc1ccc(CSCC(=O)N(Cc2cccc(Cl)c2)[C@@H](C)C(=O)NC(C)C)cc1. The lowest BCUT2D eigenvalue weighted by Gasteiger charge is -2.29. The molecule has 0 fully saturated rings. The van der Waals surface area contributed by atoms with E-state index in [-0.39, 0.29) is 17.9 Å². The first-order valence-electron chi connectivity index (χ1n) is 9.74. The monoisotopic (exact) mass is 432 g/mol. The fourth-order valence-corrected chi connectivity index (χ4v) is 3.93. The molecule has 2 rings (SSSR count). The maximum atomic E-state index is 13.0. The Morgan fingerprint density at radius 3 is 2.38 bits per heavy atom. The molecule has 0 spiro atoms. The molecular weight excluding hydrogens is 404 g/mol. The average molecular weight is 433 g/mol. The lowest BCUT2D eigenvalue weighted by Crippen LogP contribution is -2.49. The summed E-state index contributed by atoms with van der Waals surface area (Å²) < 4.78 is 0. The lowest BCUT2D eigenvalue weighted by molar-refractivity contribution is -0.138. The van der Waals surface area contributed by atoms with Gasteiger partial charge >= 0.3 is 0 Å². The molecule has 1 N–H and O–H groups in total. The third kappa shape index (κ3) is 7.75. The number of aryl methyl sites for hydroxylation is 1. The quantitative estimate of drug-likeness (QED) is 0.617. The topological polar surface area (TPSA) is 49.4 Å². The van der Waals surface area contributed by atoms with E-state index in [4.69, 9.17) is 11.6 Å². The molecule has 0 bridgehead atoms.